The van der Waals surface area contributed by atoms with E-state index in [9.17, 15) is 0 Å². The number of hydrogen-bond donors (Lipinski definition) is 1. The third-order valence-electron chi connectivity index (χ3n) is 4.32. The van der Waals surface area contributed by atoms with Crippen molar-refractivity contribution in [2.75, 3.05) is 33.3 Å². The number of halogens is 1. The molecule has 2 aliphatic heterocycles. The molecule has 2 aliphatic rings. The Morgan fingerprint density at radius 1 is 1.45 bits per heavy atom. The molecule has 20 heavy (non-hydrogen) atoms. The summed E-state index contributed by atoms with van der Waals surface area (Å²) in [4.78, 5) is 2.54. The largest absolute Gasteiger partial charge is 0.493 e. The number of fused-ring (bicyclic) bond motifs is 1. The molecule has 1 fully saturated rings. The van der Waals surface area contributed by atoms with Crippen LogP contribution in [0.25, 0.3) is 0 Å². The number of nitrogens with one attached hydrogen (secondary N) is 1. The molecule has 1 saturated heterocycles. The Bertz CT molecular complexity index is 476. The maximum atomic E-state index is 6.24. The summed E-state index contributed by atoms with van der Waals surface area (Å²) < 4.78 is 5.80. The molecule has 0 saturated carbocycles. The van der Waals surface area contributed by atoms with Gasteiger partial charge in [0.15, 0.2) is 0 Å². The van der Waals surface area contributed by atoms with Crippen LogP contribution in [0.5, 0.6) is 5.75 Å². The summed E-state index contributed by atoms with van der Waals surface area (Å²) in [5.41, 5.74) is 2.53. The van der Waals surface area contributed by atoms with Crippen molar-refractivity contribution >= 4 is 11.6 Å². The third-order valence-corrected chi connectivity index (χ3v) is 4.53. The minimum absolute atomic E-state index is 0.766. The Morgan fingerprint density at radius 3 is 3.20 bits per heavy atom. The Kier molecular flexibility index (Phi) is 4.49. The summed E-state index contributed by atoms with van der Waals surface area (Å²) in [5, 5.41) is 4.14. The maximum absolute atomic E-state index is 6.24. The molecule has 1 atom stereocenters. The van der Waals surface area contributed by atoms with Crippen molar-refractivity contribution < 1.29 is 4.74 Å². The second-order valence-corrected chi connectivity index (χ2v) is 6.39. The Balaban J connectivity index is 1.71. The Labute approximate surface area is 126 Å². The van der Waals surface area contributed by atoms with Crippen LogP contribution in [0.3, 0.4) is 0 Å². The van der Waals surface area contributed by atoms with E-state index in [1.807, 2.05) is 13.1 Å². The molecule has 1 unspecified atom stereocenters. The van der Waals surface area contributed by atoms with Crippen molar-refractivity contribution in [2.45, 2.75) is 25.8 Å². The van der Waals surface area contributed by atoms with E-state index < -0.39 is 0 Å². The first-order valence-electron chi connectivity index (χ1n) is 7.57. The molecular weight excluding hydrogens is 272 g/mol. The van der Waals surface area contributed by atoms with Gasteiger partial charge in [0.05, 0.1) is 6.61 Å². The number of nitrogens with zero attached hydrogens (tertiary/aromatic N) is 1. The minimum Gasteiger partial charge on any atom is -0.493 e. The van der Waals surface area contributed by atoms with Crippen LogP contribution in [-0.4, -0.2) is 38.2 Å². The molecule has 1 aromatic rings. The summed E-state index contributed by atoms with van der Waals surface area (Å²) >= 11 is 6.24. The van der Waals surface area contributed by atoms with E-state index in [-0.39, 0.29) is 0 Å². The van der Waals surface area contributed by atoms with Gasteiger partial charge in [0, 0.05) is 30.1 Å². The molecule has 0 spiro atoms. The number of likely N-dealkylation sites (tertiary alicyclic amines) is 1. The zero-order valence-electron chi connectivity index (χ0n) is 12.1. The van der Waals surface area contributed by atoms with Gasteiger partial charge in [-0.15, -0.1) is 0 Å². The van der Waals surface area contributed by atoms with Crippen LogP contribution in [0.2, 0.25) is 5.02 Å². The first-order valence-corrected chi connectivity index (χ1v) is 7.95. The van der Waals surface area contributed by atoms with E-state index in [0.717, 1.165) is 42.8 Å². The lowest BCUT2D eigenvalue weighted by Crippen LogP contribution is -2.38. The highest BCUT2D eigenvalue weighted by Crippen LogP contribution is 2.34. The van der Waals surface area contributed by atoms with Gasteiger partial charge in [-0.1, -0.05) is 11.6 Å². The first kappa shape index (κ1) is 14.2. The molecule has 2 heterocycles. The van der Waals surface area contributed by atoms with E-state index in [1.54, 1.807) is 0 Å². The standard InChI is InChI=1S/C16H23ClN2O/c1-18-9-12-3-2-5-19(10-12)11-14-8-15(17)7-13-4-6-20-16(13)14/h7-8,12,18H,2-6,9-11H2,1H3. The monoisotopic (exact) mass is 294 g/mol. The molecule has 0 bridgehead atoms. The molecule has 1 N–H and O–H groups in total. The van der Waals surface area contributed by atoms with E-state index >= 15 is 0 Å². The topological polar surface area (TPSA) is 24.5 Å². The average Bonchev–Trinajstić information content (AvgIpc) is 2.87. The summed E-state index contributed by atoms with van der Waals surface area (Å²) in [6.45, 7) is 5.22. The maximum Gasteiger partial charge on any atom is 0.127 e. The highest BCUT2D eigenvalue weighted by molar-refractivity contribution is 6.30. The van der Waals surface area contributed by atoms with Gasteiger partial charge in [0.2, 0.25) is 0 Å². The highest BCUT2D eigenvalue weighted by atomic mass is 35.5. The molecule has 1 aromatic carbocycles. The quantitative estimate of drug-likeness (QED) is 0.924. The molecule has 0 amide bonds. The van der Waals surface area contributed by atoms with Gasteiger partial charge in [-0.05, 0) is 56.6 Å². The second-order valence-electron chi connectivity index (χ2n) is 5.95. The summed E-state index contributed by atoms with van der Waals surface area (Å²) in [6.07, 6.45) is 3.61. The Morgan fingerprint density at radius 2 is 2.35 bits per heavy atom. The van der Waals surface area contributed by atoms with Crippen LogP contribution in [0, 0.1) is 5.92 Å². The highest BCUT2D eigenvalue weighted by Gasteiger charge is 2.23. The number of rotatable bonds is 4. The van der Waals surface area contributed by atoms with Crippen molar-refractivity contribution in [2.24, 2.45) is 5.92 Å². The normalized spacial score (nSPS) is 22.6. The minimum atomic E-state index is 0.766. The predicted octanol–water partition coefficient (Wildman–Crippen LogP) is 2.71. The SMILES string of the molecule is CNCC1CCCN(Cc2cc(Cl)cc3c2OCC3)C1. The van der Waals surface area contributed by atoms with Crippen molar-refractivity contribution in [3.8, 4) is 5.75 Å². The molecule has 3 rings (SSSR count). The van der Waals surface area contributed by atoms with Crippen LogP contribution >= 0.6 is 11.6 Å². The Hall–Kier alpha value is -0.770. The molecule has 3 nitrogen and oxygen atoms in total. The van der Waals surface area contributed by atoms with E-state index in [1.165, 1.54) is 37.1 Å². The van der Waals surface area contributed by atoms with Crippen molar-refractivity contribution in [3.05, 3.63) is 28.3 Å². The summed E-state index contributed by atoms with van der Waals surface area (Å²) in [7, 11) is 2.04. The lowest BCUT2D eigenvalue weighted by Gasteiger charge is -2.33. The number of ether oxygens (including phenoxy) is 1. The van der Waals surface area contributed by atoms with E-state index in [2.05, 4.69) is 16.3 Å². The fourth-order valence-corrected chi connectivity index (χ4v) is 3.72. The molecule has 110 valence electrons. The van der Waals surface area contributed by atoms with E-state index in [4.69, 9.17) is 16.3 Å². The fraction of sp³-hybridized carbons (Fsp3) is 0.625. The second kappa shape index (κ2) is 6.33. The number of benzene rings is 1. The van der Waals surface area contributed by atoms with Crippen LogP contribution in [0.4, 0.5) is 0 Å². The van der Waals surface area contributed by atoms with Gasteiger partial charge < -0.3 is 10.1 Å². The average molecular weight is 295 g/mol. The molecular formula is C16H23ClN2O. The van der Waals surface area contributed by atoms with Gasteiger partial charge in [-0.25, -0.2) is 0 Å². The van der Waals surface area contributed by atoms with Gasteiger partial charge >= 0.3 is 0 Å². The van der Waals surface area contributed by atoms with Gasteiger partial charge in [-0.3, -0.25) is 4.90 Å². The van der Waals surface area contributed by atoms with Crippen LogP contribution in [0.15, 0.2) is 12.1 Å². The van der Waals surface area contributed by atoms with E-state index in [0.29, 0.717) is 0 Å². The first-order chi connectivity index (χ1) is 9.76. The lowest BCUT2D eigenvalue weighted by molar-refractivity contribution is 0.165. The van der Waals surface area contributed by atoms with Gasteiger partial charge in [-0.2, -0.15) is 0 Å². The predicted molar refractivity (Wildman–Crippen MR) is 82.6 cm³/mol. The number of piperidine rings is 1. The van der Waals surface area contributed by atoms with Crippen molar-refractivity contribution in [1.29, 1.82) is 0 Å². The third kappa shape index (κ3) is 3.11. The molecule has 4 heteroatoms. The zero-order valence-corrected chi connectivity index (χ0v) is 12.9. The van der Waals surface area contributed by atoms with Gasteiger partial charge in [0.1, 0.15) is 5.75 Å². The molecule has 0 aromatic heterocycles. The van der Waals surface area contributed by atoms with Crippen LogP contribution in [0.1, 0.15) is 24.0 Å². The zero-order chi connectivity index (χ0) is 13.9. The van der Waals surface area contributed by atoms with Crippen molar-refractivity contribution in [1.82, 2.24) is 10.2 Å². The van der Waals surface area contributed by atoms with Crippen LogP contribution in [-0.2, 0) is 13.0 Å². The summed E-state index contributed by atoms with van der Waals surface area (Å²) in [5.74, 6) is 1.85. The van der Waals surface area contributed by atoms with Crippen LogP contribution < -0.4 is 10.1 Å². The number of hydrogen-bond acceptors (Lipinski definition) is 3. The van der Waals surface area contributed by atoms with Gasteiger partial charge in [0.25, 0.3) is 0 Å². The van der Waals surface area contributed by atoms with Crippen molar-refractivity contribution in [3.63, 3.8) is 0 Å². The molecule has 0 aliphatic carbocycles. The summed E-state index contributed by atoms with van der Waals surface area (Å²) in [6, 6.07) is 4.13. The molecule has 0 radical (unpaired) electrons. The fourth-order valence-electron chi connectivity index (χ4n) is 3.45. The smallest absolute Gasteiger partial charge is 0.127 e. The lowest BCUT2D eigenvalue weighted by atomic mass is 9.97.